The first-order valence-corrected chi connectivity index (χ1v) is 8.87. The van der Waals surface area contributed by atoms with Gasteiger partial charge in [-0.15, -0.1) is 0 Å². The van der Waals surface area contributed by atoms with Crippen LogP contribution in [0.4, 0.5) is 0 Å². The van der Waals surface area contributed by atoms with Gasteiger partial charge in [0.2, 0.25) is 6.79 Å². The minimum absolute atomic E-state index is 0.0563. The van der Waals surface area contributed by atoms with Gasteiger partial charge in [0.25, 0.3) is 5.56 Å². The van der Waals surface area contributed by atoms with Crippen LogP contribution < -0.4 is 24.5 Å². The van der Waals surface area contributed by atoms with Gasteiger partial charge in [-0.25, -0.2) is 0 Å². The van der Waals surface area contributed by atoms with Crippen LogP contribution in [0.2, 0.25) is 0 Å². The van der Waals surface area contributed by atoms with Crippen LogP contribution in [0.1, 0.15) is 5.56 Å². The van der Waals surface area contributed by atoms with Gasteiger partial charge in [-0.1, -0.05) is 0 Å². The number of aliphatic hydroxyl groups is 1. The first-order valence-electron chi connectivity index (χ1n) is 8.87. The predicted octanol–water partition coefficient (Wildman–Crippen LogP) is 2.49. The van der Waals surface area contributed by atoms with Gasteiger partial charge in [-0.05, 0) is 47.7 Å². The first-order chi connectivity index (χ1) is 13.6. The second-order valence-corrected chi connectivity index (χ2v) is 6.49. The molecule has 0 spiro atoms. The zero-order valence-electron chi connectivity index (χ0n) is 15.9. The number of aliphatic hydroxyl groups excluding tert-OH is 1. The highest BCUT2D eigenvalue weighted by Crippen LogP contribution is 2.39. The van der Waals surface area contributed by atoms with Crippen LogP contribution in [0, 0.1) is 0 Å². The third kappa shape index (κ3) is 2.75. The lowest BCUT2D eigenvalue weighted by Crippen LogP contribution is -2.21. The number of rotatable bonds is 5. The molecule has 2 aromatic carbocycles. The quantitative estimate of drug-likeness (QED) is 0.729. The maximum Gasteiger partial charge on any atom is 0.258 e. The van der Waals surface area contributed by atoms with Crippen LogP contribution in [0.5, 0.6) is 23.0 Å². The highest BCUT2D eigenvalue weighted by molar-refractivity contribution is 5.92. The van der Waals surface area contributed by atoms with Crippen LogP contribution >= 0.6 is 0 Å². The Morgan fingerprint density at radius 2 is 1.71 bits per heavy atom. The minimum Gasteiger partial charge on any atom is -0.493 e. The van der Waals surface area contributed by atoms with E-state index in [-0.39, 0.29) is 19.0 Å². The summed E-state index contributed by atoms with van der Waals surface area (Å²) in [5, 5.41) is 10.9. The summed E-state index contributed by atoms with van der Waals surface area (Å²) < 4.78 is 23.2. The summed E-state index contributed by atoms with van der Waals surface area (Å²) in [5.74, 6) is 2.31. The number of nitrogens with zero attached hydrogens (tertiary/aromatic N) is 1. The molecule has 3 aromatic rings. The van der Waals surface area contributed by atoms with E-state index in [1.165, 1.54) is 7.11 Å². The van der Waals surface area contributed by atoms with E-state index < -0.39 is 0 Å². The Bertz CT molecular complexity index is 1120. The van der Waals surface area contributed by atoms with Crippen LogP contribution in [-0.2, 0) is 13.5 Å². The summed E-state index contributed by atoms with van der Waals surface area (Å²) in [6, 6.07) is 9.03. The van der Waals surface area contributed by atoms with Gasteiger partial charge in [0.15, 0.2) is 23.0 Å². The molecule has 0 saturated carbocycles. The third-order valence-corrected chi connectivity index (χ3v) is 5.01. The molecule has 0 unspecified atom stereocenters. The van der Waals surface area contributed by atoms with Crippen molar-refractivity contribution in [3.8, 4) is 34.3 Å². The van der Waals surface area contributed by atoms with E-state index in [1.807, 2.05) is 18.2 Å². The molecule has 0 fully saturated rings. The Morgan fingerprint density at radius 3 is 2.39 bits per heavy atom. The monoisotopic (exact) mass is 383 g/mol. The van der Waals surface area contributed by atoms with Crippen molar-refractivity contribution in [2.75, 3.05) is 27.6 Å². The Morgan fingerprint density at radius 1 is 1.04 bits per heavy atom. The zero-order valence-corrected chi connectivity index (χ0v) is 15.9. The van der Waals surface area contributed by atoms with Gasteiger partial charge >= 0.3 is 0 Å². The number of benzene rings is 2. The number of hydrogen-bond donors (Lipinski definition) is 1. The Kier molecular flexibility index (Phi) is 4.60. The summed E-state index contributed by atoms with van der Waals surface area (Å²) in [6.45, 7) is 0.120. The molecule has 7 nitrogen and oxygen atoms in total. The largest absolute Gasteiger partial charge is 0.493 e. The molecule has 0 aliphatic carbocycles. The molecule has 0 atom stereocenters. The molecule has 0 saturated heterocycles. The van der Waals surface area contributed by atoms with Crippen molar-refractivity contribution in [1.82, 2.24) is 4.57 Å². The van der Waals surface area contributed by atoms with Gasteiger partial charge in [0, 0.05) is 19.2 Å². The van der Waals surface area contributed by atoms with Gasteiger partial charge in [-0.2, -0.15) is 0 Å². The Hall–Kier alpha value is -3.19. The first kappa shape index (κ1) is 18.2. The molecule has 1 N–H and O–H groups in total. The number of methoxy groups -OCH3 is 2. The number of pyridine rings is 1. The van der Waals surface area contributed by atoms with Crippen molar-refractivity contribution >= 4 is 10.8 Å². The van der Waals surface area contributed by atoms with E-state index in [1.54, 1.807) is 30.9 Å². The van der Waals surface area contributed by atoms with Crippen LogP contribution in [0.25, 0.3) is 22.0 Å². The standard InChI is InChI=1S/C21H21NO6/c1-22-20(12-4-5-16-19(8-12)28-11-27-16)13(6-7-23)14-9-17(25-2)18(26-3)10-15(14)21(22)24/h4-5,8-10,23H,6-7,11H2,1-3H3. The van der Waals surface area contributed by atoms with E-state index in [4.69, 9.17) is 18.9 Å². The second-order valence-electron chi connectivity index (χ2n) is 6.49. The van der Waals surface area contributed by atoms with E-state index in [2.05, 4.69) is 0 Å². The summed E-state index contributed by atoms with van der Waals surface area (Å²) in [4.78, 5) is 13.1. The summed E-state index contributed by atoms with van der Waals surface area (Å²) in [7, 11) is 4.80. The fourth-order valence-electron chi connectivity index (χ4n) is 3.69. The molecule has 4 rings (SSSR count). The van der Waals surface area contributed by atoms with Crippen molar-refractivity contribution in [1.29, 1.82) is 0 Å². The van der Waals surface area contributed by atoms with Gasteiger partial charge in [-0.3, -0.25) is 4.79 Å². The highest BCUT2D eigenvalue weighted by Gasteiger charge is 2.21. The normalized spacial score (nSPS) is 12.4. The van der Waals surface area contributed by atoms with E-state index >= 15 is 0 Å². The van der Waals surface area contributed by atoms with Gasteiger partial charge < -0.3 is 28.6 Å². The van der Waals surface area contributed by atoms with Gasteiger partial charge in [0.05, 0.1) is 25.3 Å². The molecule has 2 heterocycles. The fourth-order valence-corrected chi connectivity index (χ4v) is 3.69. The lowest BCUT2D eigenvalue weighted by Gasteiger charge is -2.19. The lowest BCUT2D eigenvalue weighted by atomic mass is 9.96. The molecule has 1 aliphatic heterocycles. The van der Waals surface area contributed by atoms with Crippen LogP contribution in [0.3, 0.4) is 0 Å². The summed E-state index contributed by atoms with van der Waals surface area (Å²) >= 11 is 0. The minimum atomic E-state index is -0.162. The molecule has 28 heavy (non-hydrogen) atoms. The molecule has 0 bridgehead atoms. The Labute approximate surface area is 161 Å². The number of fused-ring (bicyclic) bond motifs is 2. The van der Waals surface area contributed by atoms with Crippen molar-refractivity contribution in [3.05, 3.63) is 46.2 Å². The second kappa shape index (κ2) is 7.09. The van der Waals surface area contributed by atoms with E-state index in [0.29, 0.717) is 34.8 Å². The molecule has 146 valence electrons. The number of hydrogen-bond acceptors (Lipinski definition) is 6. The SMILES string of the molecule is COc1cc2c(CCO)c(-c3ccc4c(c3)OCO4)n(C)c(=O)c2cc1OC. The van der Waals surface area contributed by atoms with Crippen LogP contribution in [-0.4, -0.2) is 37.3 Å². The predicted molar refractivity (Wildman–Crippen MR) is 105 cm³/mol. The summed E-state index contributed by atoms with van der Waals surface area (Å²) in [5.41, 5.74) is 2.21. The average Bonchev–Trinajstić information content (AvgIpc) is 3.19. The molecule has 0 radical (unpaired) electrons. The zero-order chi connectivity index (χ0) is 19.8. The van der Waals surface area contributed by atoms with Crippen LogP contribution in [0.15, 0.2) is 35.1 Å². The number of ether oxygens (including phenoxy) is 4. The average molecular weight is 383 g/mol. The van der Waals surface area contributed by atoms with Gasteiger partial charge in [0.1, 0.15) is 0 Å². The molecule has 0 amide bonds. The highest BCUT2D eigenvalue weighted by atomic mass is 16.7. The molecular formula is C21H21NO6. The maximum atomic E-state index is 13.1. The molecular weight excluding hydrogens is 362 g/mol. The topological polar surface area (TPSA) is 79.2 Å². The van der Waals surface area contributed by atoms with E-state index in [0.717, 1.165) is 22.2 Å². The van der Waals surface area contributed by atoms with Crippen molar-refractivity contribution < 1.29 is 24.1 Å². The van der Waals surface area contributed by atoms with E-state index in [9.17, 15) is 9.90 Å². The fraction of sp³-hybridized carbons (Fsp3) is 0.286. The van der Waals surface area contributed by atoms with Crippen molar-refractivity contribution in [2.24, 2.45) is 7.05 Å². The summed E-state index contributed by atoms with van der Waals surface area (Å²) in [6.07, 6.45) is 0.379. The lowest BCUT2D eigenvalue weighted by molar-refractivity contribution is 0.174. The number of aromatic nitrogens is 1. The van der Waals surface area contributed by atoms with Crippen molar-refractivity contribution in [3.63, 3.8) is 0 Å². The maximum absolute atomic E-state index is 13.1. The molecule has 7 heteroatoms. The molecule has 1 aliphatic rings. The molecule has 1 aromatic heterocycles. The smallest absolute Gasteiger partial charge is 0.258 e. The van der Waals surface area contributed by atoms with Crippen molar-refractivity contribution in [2.45, 2.75) is 6.42 Å². The third-order valence-electron chi connectivity index (χ3n) is 5.01. The Balaban J connectivity index is 2.07.